The van der Waals surface area contributed by atoms with Crippen molar-refractivity contribution in [1.82, 2.24) is 9.80 Å². The van der Waals surface area contributed by atoms with E-state index in [1.807, 2.05) is 6.07 Å². The average molecular weight is 347 g/mol. The first-order valence-electron chi connectivity index (χ1n) is 8.42. The lowest BCUT2D eigenvalue weighted by Gasteiger charge is -2.38. The van der Waals surface area contributed by atoms with Crippen molar-refractivity contribution in [1.29, 1.82) is 5.26 Å². The molecule has 1 aromatic carbocycles. The highest BCUT2D eigenvalue weighted by molar-refractivity contribution is 7.99. The van der Waals surface area contributed by atoms with Gasteiger partial charge in [0.2, 0.25) is 5.91 Å². The third-order valence-corrected chi connectivity index (χ3v) is 5.73. The van der Waals surface area contributed by atoms with E-state index in [-0.39, 0.29) is 23.7 Å². The molecule has 2 atom stereocenters. The van der Waals surface area contributed by atoms with Gasteiger partial charge >= 0.3 is 0 Å². The van der Waals surface area contributed by atoms with Gasteiger partial charge in [0.25, 0.3) is 0 Å². The second-order valence-electron chi connectivity index (χ2n) is 6.46. The number of nitriles is 1. The lowest BCUT2D eigenvalue weighted by Crippen LogP contribution is -2.51. The number of nitrogens with zero attached hydrogens (tertiary/aromatic N) is 3. The number of likely N-dealkylation sites (tertiary alicyclic amines) is 1. The van der Waals surface area contributed by atoms with E-state index in [0.717, 1.165) is 30.7 Å². The van der Waals surface area contributed by atoms with Gasteiger partial charge in [0.05, 0.1) is 12.0 Å². The van der Waals surface area contributed by atoms with E-state index in [4.69, 9.17) is 0 Å². The summed E-state index contributed by atoms with van der Waals surface area (Å²) < 4.78 is 13.3. The Morgan fingerprint density at radius 2 is 2.29 bits per heavy atom. The molecule has 0 aromatic heterocycles. The fourth-order valence-corrected chi connectivity index (χ4v) is 4.47. The van der Waals surface area contributed by atoms with E-state index in [0.29, 0.717) is 25.4 Å². The van der Waals surface area contributed by atoms with Crippen LogP contribution in [0.1, 0.15) is 18.4 Å². The molecule has 2 aliphatic heterocycles. The first-order valence-corrected chi connectivity index (χ1v) is 9.57. The molecule has 1 amide bonds. The van der Waals surface area contributed by atoms with E-state index in [2.05, 4.69) is 11.0 Å². The zero-order chi connectivity index (χ0) is 16.9. The quantitative estimate of drug-likeness (QED) is 0.843. The molecular weight excluding hydrogens is 325 g/mol. The maximum atomic E-state index is 13.3. The van der Waals surface area contributed by atoms with Crippen LogP contribution < -0.4 is 0 Å². The Morgan fingerprint density at radius 3 is 3.08 bits per heavy atom. The molecule has 0 aliphatic carbocycles. The summed E-state index contributed by atoms with van der Waals surface area (Å²) in [4.78, 5) is 16.8. The predicted molar refractivity (Wildman–Crippen MR) is 92.8 cm³/mol. The van der Waals surface area contributed by atoms with Gasteiger partial charge in [-0.1, -0.05) is 12.1 Å². The van der Waals surface area contributed by atoms with Gasteiger partial charge in [-0.2, -0.15) is 17.0 Å². The van der Waals surface area contributed by atoms with Gasteiger partial charge in [-0.3, -0.25) is 9.69 Å². The topological polar surface area (TPSA) is 47.3 Å². The van der Waals surface area contributed by atoms with Crippen LogP contribution in [0.3, 0.4) is 0 Å². The lowest BCUT2D eigenvalue weighted by molar-refractivity contribution is -0.138. The minimum Gasteiger partial charge on any atom is -0.325 e. The Bertz CT molecular complexity index is 633. The first kappa shape index (κ1) is 17.2. The Balaban J connectivity index is 1.62. The van der Waals surface area contributed by atoms with Crippen molar-refractivity contribution in [3.05, 3.63) is 35.6 Å². The highest BCUT2D eigenvalue weighted by Crippen LogP contribution is 2.24. The Hall–Kier alpha value is -1.58. The van der Waals surface area contributed by atoms with Gasteiger partial charge in [0.15, 0.2) is 0 Å². The average Bonchev–Trinajstić information content (AvgIpc) is 2.61. The van der Waals surface area contributed by atoms with Gasteiger partial charge in [0, 0.05) is 31.1 Å². The second-order valence-corrected chi connectivity index (χ2v) is 7.61. The molecule has 0 spiro atoms. The number of halogens is 1. The SMILES string of the molecule is N#C[C@H]1CSCCN1C(=O)[C@@H]1CCCN(Cc2cccc(F)c2)C1. The number of hydrogen-bond donors (Lipinski definition) is 0. The van der Waals surface area contributed by atoms with E-state index >= 15 is 0 Å². The molecule has 128 valence electrons. The molecule has 0 N–H and O–H groups in total. The minimum absolute atomic E-state index is 0.0498. The molecule has 6 heteroatoms. The molecule has 2 saturated heterocycles. The third kappa shape index (κ3) is 4.08. The number of piperidine rings is 1. The number of carbonyl (C=O) groups excluding carboxylic acids is 1. The Kier molecular flexibility index (Phi) is 5.75. The van der Waals surface area contributed by atoms with Crippen LogP contribution in [0, 0.1) is 23.1 Å². The van der Waals surface area contributed by atoms with Crippen LogP contribution in [0.25, 0.3) is 0 Å². The summed E-state index contributed by atoms with van der Waals surface area (Å²) in [5.41, 5.74) is 0.937. The van der Waals surface area contributed by atoms with Crippen molar-refractivity contribution in [2.45, 2.75) is 25.4 Å². The summed E-state index contributed by atoms with van der Waals surface area (Å²) in [7, 11) is 0. The van der Waals surface area contributed by atoms with Gasteiger partial charge in [-0.15, -0.1) is 0 Å². The molecule has 4 nitrogen and oxygen atoms in total. The summed E-state index contributed by atoms with van der Waals surface area (Å²) in [5, 5.41) is 9.28. The maximum Gasteiger partial charge on any atom is 0.228 e. The van der Waals surface area contributed by atoms with Crippen molar-refractivity contribution in [2.75, 3.05) is 31.1 Å². The standard InChI is InChI=1S/C18H22FN3OS/c19-16-5-1-3-14(9-16)11-21-6-2-4-15(12-21)18(23)22-7-8-24-13-17(22)10-20/h1,3,5,9,15,17H,2,4,6-8,11-13H2/t15-,17+/m1/s1. The monoisotopic (exact) mass is 347 g/mol. The molecule has 2 heterocycles. The van der Waals surface area contributed by atoms with Crippen molar-refractivity contribution < 1.29 is 9.18 Å². The van der Waals surface area contributed by atoms with Crippen LogP contribution in [0.2, 0.25) is 0 Å². The molecule has 24 heavy (non-hydrogen) atoms. The minimum atomic E-state index is -0.296. The smallest absolute Gasteiger partial charge is 0.228 e. The van der Waals surface area contributed by atoms with E-state index < -0.39 is 0 Å². The van der Waals surface area contributed by atoms with Crippen molar-refractivity contribution in [3.63, 3.8) is 0 Å². The molecule has 0 unspecified atom stereocenters. The molecule has 2 fully saturated rings. The zero-order valence-corrected chi connectivity index (χ0v) is 14.5. The normalized spacial score (nSPS) is 25.2. The number of benzene rings is 1. The molecule has 0 radical (unpaired) electrons. The molecular formula is C18H22FN3OS. The van der Waals surface area contributed by atoms with Crippen molar-refractivity contribution in [3.8, 4) is 6.07 Å². The molecule has 0 saturated carbocycles. The number of carbonyl (C=O) groups is 1. The van der Waals surface area contributed by atoms with Crippen LogP contribution in [0.4, 0.5) is 4.39 Å². The van der Waals surface area contributed by atoms with Crippen molar-refractivity contribution in [2.24, 2.45) is 5.92 Å². The van der Waals surface area contributed by atoms with Crippen LogP contribution >= 0.6 is 11.8 Å². The fourth-order valence-electron chi connectivity index (χ4n) is 3.50. The van der Waals surface area contributed by atoms with E-state index in [1.54, 1.807) is 28.8 Å². The number of rotatable bonds is 3. The molecule has 3 rings (SSSR count). The summed E-state index contributed by atoms with van der Waals surface area (Å²) >= 11 is 1.74. The molecule has 2 aliphatic rings. The van der Waals surface area contributed by atoms with Gasteiger partial charge in [-0.05, 0) is 37.1 Å². The fraction of sp³-hybridized carbons (Fsp3) is 0.556. The van der Waals surface area contributed by atoms with Crippen molar-refractivity contribution >= 4 is 17.7 Å². The van der Waals surface area contributed by atoms with Crippen LogP contribution in [-0.4, -0.2) is 52.9 Å². The largest absolute Gasteiger partial charge is 0.325 e. The number of thioether (sulfide) groups is 1. The van der Waals surface area contributed by atoms with Gasteiger partial charge in [-0.25, -0.2) is 4.39 Å². The third-order valence-electron chi connectivity index (χ3n) is 4.71. The first-order chi connectivity index (χ1) is 11.7. The zero-order valence-electron chi connectivity index (χ0n) is 13.7. The molecule has 0 bridgehead atoms. The van der Waals surface area contributed by atoms with E-state index in [1.165, 1.54) is 6.07 Å². The second kappa shape index (κ2) is 8.00. The lowest BCUT2D eigenvalue weighted by atomic mass is 9.95. The summed E-state index contributed by atoms with van der Waals surface area (Å²) in [6, 6.07) is 8.61. The molecule has 1 aromatic rings. The van der Waals surface area contributed by atoms with Crippen LogP contribution in [-0.2, 0) is 11.3 Å². The highest BCUT2D eigenvalue weighted by atomic mass is 32.2. The summed E-state index contributed by atoms with van der Waals surface area (Å²) in [6.45, 7) is 2.95. The highest BCUT2D eigenvalue weighted by Gasteiger charge is 2.34. The van der Waals surface area contributed by atoms with Gasteiger partial charge < -0.3 is 4.90 Å². The van der Waals surface area contributed by atoms with Gasteiger partial charge in [0.1, 0.15) is 11.9 Å². The van der Waals surface area contributed by atoms with Crippen LogP contribution in [0.15, 0.2) is 24.3 Å². The van der Waals surface area contributed by atoms with E-state index in [9.17, 15) is 14.4 Å². The number of hydrogen-bond acceptors (Lipinski definition) is 4. The summed E-state index contributed by atoms with van der Waals surface area (Å²) in [5.74, 6) is 1.46. The van der Waals surface area contributed by atoms with Crippen LogP contribution in [0.5, 0.6) is 0 Å². The predicted octanol–water partition coefficient (Wildman–Crippen LogP) is 2.51. The number of amides is 1. The maximum absolute atomic E-state index is 13.3. The Morgan fingerprint density at radius 1 is 1.42 bits per heavy atom. The Labute approximate surface area is 146 Å². The summed E-state index contributed by atoms with van der Waals surface area (Å²) in [6.07, 6.45) is 1.84.